The van der Waals surface area contributed by atoms with Crippen molar-refractivity contribution in [2.75, 3.05) is 4.90 Å². The highest BCUT2D eigenvalue weighted by atomic mass is 16.3. The Morgan fingerprint density at radius 3 is 1.68 bits per heavy atom. The normalized spacial score (nSPS) is 12.9. The van der Waals surface area contributed by atoms with Gasteiger partial charge in [0.25, 0.3) is 0 Å². The van der Waals surface area contributed by atoms with E-state index in [1.165, 1.54) is 60.8 Å². The molecule has 0 aliphatic heterocycles. The number of fused-ring (bicyclic) bond motifs is 7. The van der Waals surface area contributed by atoms with Gasteiger partial charge in [-0.15, -0.1) is 0 Å². The summed E-state index contributed by atoms with van der Waals surface area (Å²) in [5.74, 6) is 0. The highest BCUT2D eigenvalue weighted by Gasteiger charge is 2.40. The van der Waals surface area contributed by atoms with Gasteiger partial charge in [0.2, 0.25) is 0 Å². The molecule has 0 amide bonds. The predicted octanol–water partition coefficient (Wildman–Crippen LogP) is 14.9. The molecule has 0 N–H and O–H groups in total. The molecule has 1 aromatic heterocycles. The van der Waals surface area contributed by atoms with Gasteiger partial charge < -0.3 is 9.32 Å². The van der Waals surface area contributed by atoms with Crippen LogP contribution in [0.5, 0.6) is 0 Å². The Morgan fingerprint density at radius 1 is 0.411 bits per heavy atom. The number of hydrogen-bond acceptors (Lipinski definition) is 2. The summed E-state index contributed by atoms with van der Waals surface area (Å²) >= 11 is 0. The van der Waals surface area contributed by atoms with E-state index in [4.69, 9.17) is 4.42 Å². The fraction of sp³-hybridized carbons (Fsp3) is 0.0370. The molecule has 1 aliphatic carbocycles. The van der Waals surface area contributed by atoms with Crippen molar-refractivity contribution < 1.29 is 4.42 Å². The van der Waals surface area contributed by atoms with Crippen LogP contribution in [0.1, 0.15) is 23.6 Å². The Bertz CT molecular complexity index is 3040. The molecule has 0 saturated heterocycles. The fourth-order valence-corrected chi connectivity index (χ4v) is 9.07. The van der Waals surface area contributed by atoms with Crippen LogP contribution in [0.3, 0.4) is 0 Å². The molecule has 10 aromatic rings. The van der Waals surface area contributed by atoms with Crippen LogP contribution in [0.4, 0.5) is 17.1 Å². The minimum atomic E-state index is -0.303. The van der Waals surface area contributed by atoms with E-state index < -0.39 is 0 Å². The van der Waals surface area contributed by atoms with Gasteiger partial charge in [-0.25, -0.2) is 0 Å². The Labute approximate surface area is 326 Å². The smallest absolute Gasteiger partial charge is 0.159 e. The van der Waals surface area contributed by atoms with Gasteiger partial charge >= 0.3 is 0 Å². The van der Waals surface area contributed by atoms with Crippen LogP contribution in [0.15, 0.2) is 211 Å². The fourth-order valence-electron chi connectivity index (χ4n) is 9.07. The minimum absolute atomic E-state index is 0.303. The SMILES string of the molecule is CC1(c2ccc3c(c2)oc2c(N(c4ccc(-c5ccccc5)cc4)c4ccc(-c5ccc6ccccc6c5)cc4)cccc23)c2ccccc2-c2ccccc21. The zero-order chi connectivity index (χ0) is 37.2. The first-order chi connectivity index (χ1) is 27.6. The Balaban J connectivity index is 1.05. The molecule has 1 aliphatic rings. The van der Waals surface area contributed by atoms with E-state index in [0.717, 1.165) is 39.0 Å². The predicted molar refractivity (Wildman–Crippen MR) is 234 cm³/mol. The van der Waals surface area contributed by atoms with E-state index in [2.05, 4.69) is 218 Å². The van der Waals surface area contributed by atoms with Gasteiger partial charge in [-0.2, -0.15) is 0 Å². The van der Waals surface area contributed by atoms with Crippen molar-refractivity contribution in [1.82, 2.24) is 0 Å². The molecule has 2 nitrogen and oxygen atoms in total. The van der Waals surface area contributed by atoms with Crippen molar-refractivity contribution in [3.05, 3.63) is 223 Å². The third kappa shape index (κ3) is 5.03. The van der Waals surface area contributed by atoms with E-state index in [-0.39, 0.29) is 5.41 Å². The standard InChI is InChI=1S/C54H37NO/c1-54(49-19-9-7-16-45(49)46-17-8-10-20-50(46)54)42-28-33-47-48-18-11-21-51(53(48)56-52(47)35-42)55(43-29-24-38(25-30-43)36-12-3-2-4-13-36)44-31-26-39(27-32-44)41-23-22-37-14-5-6-15-40(37)34-41/h2-35H,1H3. The first-order valence-electron chi connectivity index (χ1n) is 19.3. The molecule has 0 spiro atoms. The van der Waals surface area contributed by atoms with Crippen LogP contribution >= 0.6 is 0 Å². The minimum Gasteiger partial charge on any atom is -0.454 e. The number of anilines is 3. The summed E-state index contributed by atoms with van der Waals surface area (Å²) in [5, 5.41) is 4.69. The van der Waals surface area contributed by atoms with Gasteiger partial charge in [-0.05, 0) is 110 Å². The molecular weight excluding hydrogens is 679 g/mol. The molecule has 1 heterocycles. The maximum absolute atomic E-state index is 7.01. The second-order valence-corrected chi connectivity index (χ2v) is 15.0. The summed E-state index contributed by atoms with van der Waals surface area (Å²) in [6, 6.07) is 74.6. The maximum Gasteiger partial charge on any atom is 0.159 e. The molecule has 9 aromatic carbocycles. The molecule has 264 valence electrons. The third-order valence-corrected chi connectivity index (χ3v) is 12.0. The van der Waals surface area contributed by atoms with Gasteiger partial charge in [0.15, 0.2) is 5.58 Å². The maximum atomic E-state index is 7.01. The zero-order valence-corrected chi connectivity index (χ0v) is 31.0. The highest BCUT2D eigenvalue weighted by molar-refractivity contribution is 6.10. The molecule has 56 heavy (non-hydrogen) atoms. The second-order valence-electron chi connectivity index (χ2n) is 15.0. The topological polar surface area (TPSA) is 16.4 Å². The van der Waals surface area contributed by atoms with Crippen molar-refractivity contribution in [3.63, 3.8) is 0 Å². The first-order valence-corrected chi connectivity index (χ1v) is 19.3. The van der Waals surface area contributed by atoms with E-state index in [1.807, 2.05) is 0 Å². The molecule has 0 unspecified atom stereocenters. The van der Waals surface area contributed by atoms with E-state index in [0.29, 0.717) is 0 Å². The first kappa shape index (κ1) is 32.3. The van der Waals surface area contributed by atoms with Crippen molar-refractivity contribution >= 4 is 49.8 Å². The number of rotatable bonds is 6. The Morgan fingerprint density at radius 2 is 0.982 bits per heavy atom. The quantitative estimate of drug-likeness (QED) is 0.170. The van der Waals surface area contributed by atoms with Crippen molar-refractivity contribution in [1.29, 1.82) is 0 Å². The van der Waals surface area contributed by atoms with Crippen molar-refractivity contribution in [2.24, 2.45) is 0 Å². The Hall–Kier alpha value is -7.16. The Kier molecular flexibility index (Phi) is 7.33. The summed E-state index contributed by atoms with van der Waals surface area (Å²) in [5.41, 5.74) is 15.8. The van der Waals surface area contributed by atoms with Crippen LogP contribution < -0.4 is 4.90 Å². The molecule has 11 rings (SSSR count). The van der Waals surface area contributed by atoms with E-state index in [1.54, 1.807) is 0 Å². The lowest BCUT2D eigenvalue weighted by Crippen LogP contribution is -2.22. The molecule has 0 atom stereocenters. The van der Waals surface area contributed by atoms with Crippen LogP contribution in [-0.2, 0) is 5.41 Å². The largest absolute Gasteiger partial charge is 0.454 e. The van der Waals surface area contributed by atoms with Crippen molar-refractivity contribution in [2.45, 2.75) is 12.3 Å². The van der Waals surface area contributed by atoms with Crippen LogP contribution in [0.25, 0.3) is 66.1 Å². The summed E-state index contributed by atoms with van der Waals surface area (Å²) in [4.78, 5) is 2.33. The summed E-state index contributed by atoms with van der Waals surface area (Å²) in [6.45, 7) is 2.36. The highest BCUT2D eigenvalue weighted by Crippen LogP contribution is 2.53. The summed E-state index contributed by atoms with van der Waals surface area (Å²) in [6.07, 6.45) is 0. The van der Waals surface area contributed by atoms with Gasteiger partial charge in [-0.1, -0.05) is 164 Å². The number of para-hydroxylation sites is 1. The summed E-state index contributed by atoms with van der Waals surface area (Å²) < 4.78 is 7.01. The number of nitrogens with zero attached hydrogens (tertiary/aromatic N) is 1. The van der Waals surface area contributed by atoms with Gasteiger partial charge in [-0.3, -0.25) is 0 Å². The van der Waals surface area contributed by atoms with Crippen LogP contribution in [0.2, 0.25) is 0 Å². The molecule has 0 fully saturated rings. The molecule has 0 saturated carbocycles. The van der Waals surface area contributed by atoms with Crippen molar-refractivity contribution in [3.8, 4) is 33.4 Å². The average molecular weight is 716 g/mol. The molecular formula is C54H37NO. The summed E-state index contributed by atoms with van der Waals surface area (Å²) in [7, 11) is 0. The van der Waals surface area contributed by atoms with E-state index in [9.17, 15) is 0 Å². The van der Waals surface area contributed by atoms with E-state index >= 15 is 0 Å². The van der Waals surface area contributed by atoms with Crippen LogP contribution in [0, 0.1) is 0 Å². The van der Waals surface area contributed by atoms with Gasteiger partial charge in [0.05, 0.1) is 5.69 Å². The lowest BCUT2D eigenvalue weighted by molar-refractivity contribution is 0.662. The second kappa shape index (κ2) is 12.7. The van der Waals surface area contributed by atoms with Crippen LogP contribution in [-0.4, -0.2) is 0 Å². The lowest BCUT2D eigenvalue weighted by atomic mass is 9.74. The van der Waals surface area contributed by atoms with Gasteiger partial charge in [0, 0.05) is 27.6 Å². The zero-order valence-electron chi connectivity index (χ0n) is 31.0. The number of furan rings is 1. The molecule has 0 bridgehead atoms. The number of benzene rings is 9. The molecule has 2 heteroatoms. The third-order valence-electron chi connectivity index (χ3n) is 12.0. The lowest BCUT2D eigenvalue weighted by Gasteiger charge is -2.28. The molecule has 0 radical (unpaired) electrons. The number of hydrogen-bond donors (Lipinski definition) is 0. The van der Waals surface area contributed by atoms with Gasteiger partial charge in [0.1, 0.15) is 5.58 Å². The monoisotopic (exact) mass is 715 g/mol. The average Bonchev–Trinajstić information content (AvgIpc) is 3.78.